The van der Waals surface area contributed by atoms with E-state index in [9.17, 15) is 4.79 Å². The van der Waals surface area contributed by atoms with Gasteiger partial charge in [-0.1, -0.05) is 6.07 Å². The van der Waals surface area contributed by atoms with Crippen molar-refractivity contribution in [2.24, 2.45) is 0 Å². The van der Waals surface area contributed by atoms with Gasteiger partial charge < -0.3 is 14.4 Å². The van der Waals surface area contributed by atoms with Crippen LogP contribution < -0.4 is 9.47 Å². The number of aryl methyl sites for hydroxylation is 1. The fourth-order valence-corrected chi connectivity index (χ4v) is 3.18. The monoisotopic (exact) mass is 355 g/mol. The van der Waals surface area contributed by atoms with Crippen LogP contribution >= 0.6 is 0 Å². The molecule has 138 valence electrons. The number of hydrogen-bond acceptors (Lipinski definition) is 5. The average molecular weight is 355 g/mol. The van der Waals surface area contributed by atoms with Crippen LogP contribution in [0.3, 0.4) is 0 Å². The number of rotatable bonds is 5. The van der Waals surface area contributed by atoms with Crippen molar-refractivity contribution in [3.8, 4) is 11.5 Å². The molecule has 0 saturated carbocycles. The third-order valence-electron chi connectivity index (χ3n) is 4.65. The first-order chi connectivity index (χ1) is 12.6. The highest BCUT2D eigenvalue weighted by Gasteiger charge is 2.23. The van der Waals surface area contributed by atoms with Crippen molar-refractivity contribution in [3.63, 3.8) is 0 Å². The van der Waals surface area contributed by atoms with E-state index in [0.29, 0.717) is 18.8 Å². The van der Waals surface area contributed by atoms with Crippen molar-refractivity contribution in [3.05, 3.63) is 53.3 Å². The maximum atomic E-state index is 12.6. The van der Waals surface area contributed by atoms with Crippen LogP contribution in [0.4, 0.5) is 0 Å². The summed E-state index contributed by atoms with van der Waals surface area (Å²) >= 11 is 0. The van der Waals surface area contributed by atoms with E-state index in [1.54, 1.807) is 20.3 Å². The Morgan fingerprint density at radius 2 is 1.85 bits per heavy atom. The highest BCUT2D eigenvalue weighted by Crippen LogP contribution is 2.25. The first-order valence-corrected chi connectivity index (χ1v) is 8.77. The quantitative estimate of drug-likeness (QED) is 0.824. The standard InChI is InChI=1S/C20H25N3O3/c1-15-5-4-6-18(21-15)20(24)23-11-9-22(10-12-23)14-16-13-17(25-2)7-8-19(16)26-3/h4-8,13H,9-12,14H2,1-3H3. The van der Waals surface area contributed by atoms with Gasteiger partial charge in [0.2, 0.25) is 0 Å². The van der Waals surface area contributed by atoms with Gasteiger partial charge in [-0.15, -0.1) is 0 Å². The summed E-state index contributed by atoms with van der Waals surface area (Å²) in [6.07, 6.45) is 0. The van der Waals surface area contributed by atoms with Crippen LogP contribution in [0.15, 0.2) is 36.4 Å². The largest absolute Gasteiger partial charge is 0.497 e. The molecule has 26 heavy (non-hydrogen) atoms. The van der Waals surface area contributed by atoms with E-state index < -0.39 is 0 Å². The first kappa shape index (κ1) is 18.2. The Bertz CT molecular complexity index is 771. The minimum Gasteiger partial charge on any atom is -0.497 e. The number of amides is 1. The van der Waals surface area contributed by atoms with E-state index in [-0.39, 0.29) is 5.91 Å². The summed E-state index contributed by atoms with van der Waals surface area (Å²) in [6.45, 7) is 5.69. The van der Waals surface area contributed by atoms with Crippen LogP contribution in [0.2, 0.25) is 0 Å². The van der Waals surface area contributed by atoms with E-state index in [1.807, 2.05) is 42.2 Å². The number of pyridine rings is 1. The minimum atomic E-state index is 0.00677. The second-order valence-corrected chi connectivity index (χ2v) is 6.41. The molecule has 0 radical (unpaired) electrons. The molecule has 1 saturated heterocycles. The molecule has 1 amide bonds. The fourth-order valence-electron chi connectivity index (χ4n) is 3.18. The molecule has 2 aromatic rings. The van der Waals surface area contributed by atoms with Gasteiger partial charge in [-0.3, -0.25) is 9.69 Å². The molecule has 6 heteroatoms. The summed E-state index contributed by atoms with van der Waals surface area (Å²) in [4.78, 5) is 21.2. The van der Waals surface area contributed by atoms with Crippen LogP contribution in [0, 0.1) is 6.92 Å². The number of hydrogen-bond donors (Lipinski definition) is 0. The predicted molar refractivity (Wildman–Crippen MR) is 99.7 cm³/mol. The van der Waals surface area contributed by atoms with E-state index >= 15 is 0 Å². The molecule has 6 nitrogen and oxygen atoms in total. The lowest BCUT2D eigenvalue weighted by Crippen LogP contribution is -2.48. The van der Waals surface area contributed by atoms with Crippen molar-refractivity contribution in [1.29, 1.82) is 0 Å². The zero-order chi connectivity index (χ0) is 18.5. The van der Waals surface area contributed by atoms with Gasteiger partial charge in [0, 0.05) is 44.0 Å². The van der Waals surface area contributed by atoms with Gasteiger partial charge in [-0.25, -0.2) is 4.98 Å². The minimum absolute atomic E-state index is 0.00677. The number of nitrogens with zero attached hydrogens (tertiary/aromatic N) is 3. The Kier molecular flexibility index (Phi) is 5.73. The van der Waals surface area contributed by atoms with Crippen LogP contribution in [0.5, 0.6) is 11.5 Å². The van der Waals surface area contributed by atoms with Crippen LogP contribution in [0.25, 0.3) is 0 Å². The zero-order valence-corrected chi connectivity index (χ0v) is 15.6. The van der Waals surface area contributed by atoms with E-state index in [2.05, 4.69) is 9.88 Å². The fraction of sp³-hybridized carbons (Fsp3) is 0.400. The molecular weight excluding hydrogens is 330 g/mol. The molecule has 0 bridgehead atoms. The maximum Gasteiger partial charge on any atom is 0.272 e. The number of ether oxygens (including phenoxy) is 2. The van der Waals surface area contributed by atoms with Gasteiger partial charge in [-0.05, 0) is 37.3 Å². The third kappa shape index (κ3) is 4.14. The van der Waals surface area contributed by atoms with Crippen LogP contribution in [0.1, 0.15) is 21.7 Å². The summed E-state index contributed by atoms with van der Waals surface area (Å²) in [5.74, 6) is 1.68. The number of aromatic nitrogens is 1. The molecule has 0 atom stereocenters. The lowest BCUT2D eigenvalue weighted by molar-refractivity contribution is 0.0621. The Morgan fingerprint density at radius 1 is 1.08 bits per heavy atom. The summed E-state index contributed by atoms with van der Waals surface area (Å²) in [6, 6.07) is 11.4. The highest BCUT2D eigenvalue weighted by atomic mass is 16.5. The lowest BCUT2D eigenvalue weighted by Gasteiger charge is -2.34. The third-order valence-corrected chi connectivity index (χ3v) is 4.65. The maximum absolute atomic E-state index is 12.6. The second-order valence-electron chi connectivity index (χ2n) is 6.41. The lowest BCUT2D eigenvalue weighted by atomic mass is 10.1. The van der Waals surface area contributed by atoms with Crippen molar-refractivity contribution in [1.82, 2.24) is 14.8 Å². The van der Waals surface area contributed by atoms with E-state index in [4.69, 9.17) is 9.47 Å². The number of carbonyl (C=O) groups is 1. The normalized spacial score (nSPS) is 15.0. The van der Waals surface area contributed by atoms with Crippen molar-refractivity contribution in [2.45, 2.75) is 13.5 Å². The number of carbonyl (C=O) groups excluding carboxylic acids is 1. The molecule has 0 spiro atoms. The molecule has 1 aromatic heterocycles. The number of methoxy groups -OCH3 is 2. The number of piperazine rings is 1. The summed E-state index contributed by atoms with van der Waals surface area (Å²) in [5, 5.41) is 0. The van der Waals surface area contributed by atoms with Gasteiger partial charge in [0.05, 0.1) is 14.2 Å². The Labute approximate surface area is 154 Å². The molecule has 0 N–H and O–H groups in total. The van der Waals surface area contributed by atoms with E-state index in [0.717, 1.165) is 42.4 Å². The number of benzene rings is 1. The Hall–Kier alpha value is -2.60. The van der Waals surface area contributed by atoms with E-state index in [1.165, 1.54) is 0 Å². The molecule has 0 unspecified atom stereocenters. The molecular formula is C20H25N3O3. The molecule has 2 heterocycles. The second kappa shape index (κ2) is 8.19. The van der Waals surface area contributed by atoms with Crippen molar-refractivity contribution >= 4 is 5.91 Å². The Balaban J connectivity index is 1.61. The van der Waals surface area contributed by atoms with Gasteiger partial charge >= 0.3 is 0 Å². The average Bonchev–Trinajstić information content (AvgIpc) is 2.68. The highest BCUT2D eigenvalue weighted by molar-refractivity contribution is 5.92. The smallest absolute Gasteiger partial charge is 0.272 e. The predicted octanol–water partition coefficient (Wildman–Crippen LogP) is 2.37. The Morgan fingerprint density at radius 3 is 2.50 bits per heavy atom. The van der Waals surface area contributed by atoms with Crippen molar-refractivity contribution in [2.75, 3.05) is 40.4 Å². The van der Waals surface area contributed by atoms with Crippen LogP contribution in [-0.2, 0) is 6.54 Å². The summed E-state index contributed by atoms with van der Waals surface area (Å²) < 4.78 is 10.8. The molecule has 1 aromatic carbocycles. The molecule has 1 aliphatic rings. The molecule has 3 rings (SSSR count). The van der Waals surface area contributed by atoms with Gasteiger partial charge in [0.15, 0.2) is 0 Å². The summed E-state index contributed by atoms with van der Waals surface area (Å²) in [7, 11) is 3.34. The topological polar surface area (TPSA) is 54.9 Å². The first-order valence-electron chi connectivity index (χ1n) is 8.77. The van der Waals surface area contributed by atoms with Crippen molar-refractivity contribution < 1.29 is 14.3 Å². The van der Waals surface area contributed by atoms with Crippen LogP contribution in [-0.4, -0.2) is 61.1 Å². The molecule has 1 fully saturated rings. The summed E-state index contributed by atoms with van der Waals surface area (Å²) in [5.41, 5.74) is 2.47. The van der Waals surface area contributed by atoms with Gasteiger partial charge in [0.25, 0.3) is 5.91 Å². The molecule has 1 aliphatic heterocycles. The zero-order valence-electron chi connectivity index (χ0n) is 15.6. The van der Waals surface area contributed by atoms with Gasteiger partial charge in [0.1, 0.15) is 17.2 Å². The molecule has 0 aliphatic carbocycles. The van der Waals surface area contributed by atoms with Gasteiger partial charge in [-0.2, -0.15) is 0 Å². The SMILES string of the molecule is COc1ccc(OC)c(CN2CCN(C(=O)c3cccc(C)n3)CC2)c1.